The Kier molecular flexibility index (Phi) is 45.4. The molecule has 0 spiro atoms. The van der Waals surface area contributed by atoms with Crippen LogP contribution in [-0.4, -0.2) is 52.3 Å². The topological polar surface area (TPSA) is 80.0 Å². The summed E-state index contributed by atoms with van der Waals surface area (Å²) >= 11 is 0. The normalized spacial score (nSPS) is 12.0. The Morgan fingerprint density at radius 2 is 0.577 bits per heavy atom. The Morgan fingerprint density at radius 3 is 0.846 bits per heavy atom. The highest BCUT2D eigenvalue weighted by molar-refractivity contribution is 7.53. The van der Waals surface area contributed by atoms with Gasteiger partial charge in [0, 0.05) is 26.4 Å². The number of nitrogens with two attached hydrogens (primary N) is 1. The summed E-state index contributed by atoms with van der Waals surface area (Å²) in [6, 6.07) is 0. The van der Waals surface area contributed by atoms with Crippen LogP contribution in [0.3, 0.4) is 0 Å². The van der Waals surface area contributed by atoms with Gasteiger partial charge in [0.15, 0.2) is 0 Å². The van der Waals surface area contributed by atoms with Gasteiger partial charge in [0.1, 0.15) is 0 Å². The first-order valence-corrected chi connectivity index (χ1v) is 25.1. The van der Waals surface area contributed by atoms with E-state index in [0.717, 1.165) is 38.9 Å². The van der Waals surface area contributed by atoms with Crippen molar-refractivity contribution >= 4 is 7.60 Å². The molecule has 0 aliphatic rings. The second kappa shape index (κ2) is 45.4. The highest BCUT2D eigenvalue weighted by Crippen LogP contribution is 2.48. The van der Waals surface area contributed by atoms with E-state index in [-0.39, 0.29) is 0 Å². The Bertz CT molecular complexity index is 647. The summed E-state index contributed by atoms with van der Waals surface area (Å²) < 4.78 is 36.4. The average Bonchev–Trinajstić information content (AvgIpc) is 3.15. The van der Waals surface area contributed by atoms with Crippen molar-refractivity contribution in [2.45, 2.75) is 239 Å². The molecule has 0 saturated carbocycles. The Labute approximate surface area is 326 Å². The zero-order valence-electron chi connectivity index (χ0n) is 35.5. The fraction of sp³-hybridized carbons (Fsp3) is 1.00. The average molecular weight is 760 g/mol. The van der Waals surface area contributed by atoms with Crippen LogP contribution in [0.1, 0.15) is 239 Å². The molecule has 0 fully saturated rings. The number of hydrogen-bond acceptors (Lipinski definition) is 6. The standard InChI is InChI=1S/C45H94NO5P/c1-3-5-7-9-11-13-15-17-19-21-23-25-27-29-31-33-39-48-41-36-43-50-52(47,45-35-38-46)51-44-37-42-49-40-34-32-30-28-26-24-22-20-18-16-14-12-10-8-6-4-2/h3-46H2,1-2H3. The molecular formula is C45H94NO5P. The second-order valence-corrected chi connectivity index (χ2v) is 17.9. The predicted molar refractivity (Wildman–Crippen MR) is 228 cm³/mol. The number of unbranched alkanes of at least 4 members (excludes halogenated alkanes) is 30. The third-order valence-electron chi connectivity index (χ3n) is 10.4. The quantitative estimate of drug-likeness (QED) is 0.0491. The van der Waals surface area contributed by atoms with Crippen molar-refractivity contribution in [1.29, 1.82) is 0 Å². The van der Waals surface area contributed by atoms with Gasteiger partial charge in [-0.25, -0.2) is 0 Å². The van der Waals surface area contributed by atoms with Crippen LogP contribution in [0, 0.1) is 0 Å². The van der Waals surface area contributed by atoms with E-state index in [1.807, 2.05) is 0 Å². The van der Waals surface area contributed by atoms with E-state index in [1.54, 1.807) is 0 Å². The maximum Gasteiger partial charge on any atom is 0.330 e. The van der Waals surface area contributed by atoms with Crippen molar-refractivity contribution in [2.75, 3.05) is 52.3 Å². The number of ether oxygens (including phenoxy) is 2. The molecule has 52 heavy (non-hydrogen) atoms. The van der Waals surface area contributed by atoms with Gasteiger partial charge in [-0.05, 0) is 38.6 Å². The molecule has 6 nitrogen and oxygen atoms in total. The number of rotatable bonds is 47. The maximum absolute atomic E-state index is 13.2. The maximum atomic E-state index is 13.2. The first kappa shape index (κ1) is 52.0. The van der Waals surface area contributed by atoms with Crippen LogP contribution in [0.15, 0.2) is 0 Å². The zero-order valence-corrected chi connectivity index (χ0v) is 36.4. The van der Waals surface area contributed by atoms with Crippen LogP contribution >= 0.6 is 7.60 Å². The van der Waals surface area contributed by atoms with Gasteiger partial charge in [-0.1, -0.05) is 206 Å². The molecule has 7 heteroatoms. The minimum absolute atomic E-state index is 0.379. The van der Waals surface area contributed by atoms with Crippen LogP contribution in [-0.2, 0) is 23.1 Å². The molecule has 0 unspecified atom stereocenters. The Morgan fingerprint density at radius 1 is 0.327 bits per heavy atom. The van der Waals surface area contributed by atoms with Crippen molar-refractivity contribution in [2.24, 2.45) is 5.73 Å². The molecule has 314 valence electrons. The lowest BCUT2D eigenvalue weighted by Crippen LogP contribution is -2.09. The summed E-state index contributed by atoms with van der Waals surface area (Å²) in [6.45, 7) is 8.76. The second-order valence-electron chi connectivity index (χ2n) is 15.7. The van der Waals surface area contributed by atoms with Crippen molar-refractivity contribution in [3.63, 3.8) is 0 Å². The first-order valence-electron chi connectivity index (χ1n) is 23.4. The van der Waals surface area contributed by atoms with Crippen LogP contribution in [0.25, 0.3) is 0 Å². The predicted octanol–water partition coefficient (Wildman–Crippen LogP) is 14.9. The summed E-state index contributed by atoms with van der Waals surface area (Å²) in [5.74, 6) is 0. The SMILES string of the molecule is CCCCCCCCCCCCCCCCCCOCCCOP(=O)(CCCN)OCCCOCCCCCCCCCCCCCCCCCC. The smallest absolute Gasteiger partial charge is 0.330 e. The van der Waals surface area contributed by atoms with E-state index < -0.39 is 7.60 Å². The monoisotopic (exact) mass is 760 g/mol. The zero-order chi connectivity index (χ0) is 37.7. The molecule has 0 bridgehead atoms. The fourth-order valence-electron chi connectivity index (χ4n) is 6.89. The van der Waals surface area contributed by atoms with Gasteiger partial charge in [-0.2, -0.15) is 0 Å². The summed E-state index contributed by atoms with van der Waals surface area (Å²) in [5.41, 5.74) is 5.68. The van der Waals surface area contributed by atoms with E-state index in [4.69, 9.17) is 24.3 Å². The third-order valence-corrected chi connectivity index (χ3v) is 12.4. The first-order chi connectivity index (χ1) is 25.7. The minimum Gasteiger partial charge on any atom is -0.381 e. The number of hydrogen-bond donors (Lipinski definition) is 1. The van der Waals surface area contributed by atoms with E-state index in [2.05, 4.69) is 13.8 Å². The van der Waals surface area contributed by atoms with Crippen LogP contribution in [0.2, 0.25) is 0 Å². The minimum atomic E-state index is -3.12. The highest BCUT2D eigenvalue weighted by Gasteiger charge is 2.23. The lowest BCUT2D eigenvalue weighted by atomic mass is 10.0. The van der Waals surface area contributed by atoms with Gasteiger partial charge < -0.3 is 24.3 Å². The van der Waals surface area contributed by atoms with E-state index in [9.17, 15) is 4.57 Å². The van der Waals surface area contributed by atoms with Crippen LogP contribution < -0.4 is 5.73 Å². The molecule has 0 heterocycles. The summed E-state index contributed by atoms with van der Waals surface area (Å²) in [5, 5.41) is 0. The molecule has 0 aromatic rings. The van der Waals surface area contributed by atoms with Crippen LogP contribution in [0.4, 0.5) is 0 Å². The molecule has 2 N–H and O–H groups in total. The van der Waals surface area contributed by atoms with Crippen molar-refractivity contribution in [1.82, 2.24) is 0 Å². The highest BCUT2D eigenvalue weighted by atomic mass is 31.2. The molecule has 0 saturated heterocycles. The van der Waals surface area contributed by atoms with Crippen molar-refractivity contribution < 1.29 is 23.1 Å². The molecule has 0 rings (SSSR count). The molecule has 0 aliphatic heterocycles. The van der Waals surface area contributed by atoms with E-state index in [0.29, 0.717) is 45.6 Å². The largest absolute Gasteiger partial charge is 0.381 e. The lowest BCUT2D eigenvalue weighted by Gasteiger charge is -2.18. The Hall–Kier alpha value is 0.0300. The molecule has 0 aliphatic carbocycles. The molecule has 0 atom stereocenters. The van der Waals surface area contributed by atoms with Crippen molar-refractivity contribution in [3.8, 4) is 0 Å². The summed E-state index contributed by atoms with van der Waals surface area (Å²) in [6.07, 6.45) is 46.6. The van der Waals surface area contributed by atoms with Crippen molar-refractivity contribution in [3.05, 3.63) is 0 Å². The van der Waals surface area contributed by atoms with Crippen LogP contribution in [0.5, 0.6) is 0 Å². The molecular weight excluding hydrogens is 665 g/mol. The third kappa shape index (κ3) is 42.8. The summed E-state index contributed by atoms with van der Waals surface area (Å²) in [4.78, 5) is 0. The summed E-state index contributed by atoms with van der Waals surface area (Å²) in [7, 11) is -3.12. The molecule has 0 amide bonds. The fourth-order valence-corrected chi connectivity index (χ4v) is 8.61. The van der Waals surface area contributed by atoms with Gasteiger partial charge in [0.25, 0.3) is 0 Å². The van der Waals surface area contributed by atoms with Gasteiger partial charge in [-0.15, -0.1) is 0 Å². The lowest BCUT2D eigenvalue weighted by molar-refractivity contribution is 0.102. The van der Waals surface area contributed by atoms with E-state index >= 15 is 0 Å². The van der Waals surface area contributed by atoms with Gasteiger partial charge in [0.2, 0.25) is 0 Å². The van der Waals surface area contributed by atoms with E-state index in [1.165, 1.54) is 193 Å². The molecule has 0 aromatic heterocycles. The molecule has 0 aromatic carbocycles. The Balaban J connectivity index is 3.51. The van der Waals surface area contributed by atoms with Gasteiger partial charge in [-0.3, -0.25) is 4.57 Å². The molecule has 0 radical (unpaired) electrons. The van der Waals surface area contributed by atoms with Gasteiger partial charge >= 0.3 is 7.60 Å². The van der Waals surface area contributed by atoms with Gasteiger partial charge in [0.05, 0.1) is 19.4 Å².